The van der Waals surface area contributed by atoms with Crippen LogP contribution in [0.3, 0.4) is 0 Å². The highest BCUT2D eigenvalue weighted by Crippen LogP contribution is 2.07. The zero-order valence-electron chi connectivity index (χ0n) is 13.4. The number of hydrogen-bond donors (Lipinski definition) is 3. The monoisotopic (exact) mass is 318 g/mol. The Bertz CT molecular complexity index is 801. The van der Waals surface area contributed by atoms with Crippen molar-refractivity contribution in [3.63, 3.8) is 0 Å². The normalized spacial score (nSPS) is 9.08. The van der Waals surface area contributed by atoms with Crippen molar-refractivity contribution in [1.82, 2.24) is 5.32 Å². The van der Waals surface area contributed by atoms with Crippen LogP contribution in [0.2, 0.25) is 0 Å². The van der Waals surface area contributed by atoms with Gasteiger partial charge in [0.1, 0.15) is 0 Å². The van der Waals surface area contributed by atoms with Crippen molar-refractivity contribution in [1.29, 1.82) is 0 Å². The number of amides is 1. The molecule has 0 heterocycles. The lowest BCUT2D eigenvalue weighted by Gasteiger charge is -2.02. The van der Waals surface area contributed by atoms with Crippen LogP contribution < -0.4 is 10.6 Å². The zero-order chi connectivity index (χ0) is 17.2. The lowest BCUT2D eigenvalue weighted by atomic mass is 10.1. The number of hydrogen-bond acceptors (Lipinski definition) is 3. The summed E-state index contributed by atoms with van der Waals surface area (Å²) in [4.78, 5) is 11.7. The van der Waals surface area contributed by atoms with E-state index in [9.17, 15) is 4.79 Å². The largest absolute Gasteiger partial charge is 0.395 e. The molecule has 0 bridgehead atoms. The number of nitrogens with one attached hydrogen (secondary N) is 2. The molecule has 0 atom stereocenters. The summed E-state index contributed by atoms with van der Waals surface area (Å²) in [6.45, 7) is 0.164. The van der Waals surface area contributed by atoms with Gasteiger partial charge in [0.15, 0.2) is 0 Å². The summed E-state index contributed by atoms with van der Waals surface area (Å²) in [6.07, 6.45) is 0. The predicted octanol–water partition coefficient (Wildman–Crippen LogP) is 1.85. The summed E-state index contributed by atoms with van der Waals surface area (Å²) in [5.74, 6) is 11.3. The Labute approximate surface area is 141 Å². The molecule has 2 rings (SSSR count). The van der Waals surface area contributed by atoms with Crippen LogP contribution in [0, 0.1) is 23.7 Å². The van der Waals surface area contributed by atoms with Gasteiger partial charge in [0.2, 0.25) is 0 Å². The summed E-state index contributed by atoms with van der Waals surface area (Å²) in [7, 11) is 1.87. The van der Waals surface area contributed by atoms with E-state index in [1.807, 2.05) is 31.3 Å². The quantitative estimate of drug-likeness (QED) is 0.754. The fourth-order valence-corrected chi connectivity index (χ4v) is 1.90. The average Bonchev–Trinajstić information content (AvgIpc) is 2.64. The van der Waals surface area contributed by atoms with E-state index < -0.39 is 0 Å². The lowest BCUT2D eigenvalue weighted by Crippen LogP contribution is -2.26. The second-order valence-corrected chi connectivity index (χ2v) is 4.88. The summed E-state index contributed by atoms with van der Waals surface area (Å²) < 4.78 is 0. The molecule has 0 saturated carbocycles. The van der Waals surface area contributed by atoms with Crippen molar-refractivity contribution in [2.24, 2.45) is 0 Å². The first-order valence-electron chi connectivity index (χ1n) is 7.52. The second kappa shape index (κ2) is 9.05. The summed E-state index contributed by atoms with van der Waals surface area (Å²) in [6, 6.07) is 14.7. The van der Waals surface area contributed by atoms with E-state index in [2.05, 4.69) is 34.3 Å². The van der Waals surface area contributed by atoms with Crippen molar-refractivity contribution in [3.05, 3.63) is 65.2 Å². The van der Waals surface area contributed by atoms with Gasteiger partial charge in [-0.25, -0.2) is 0 Å². The highest BCUT2D eigenvalue weighted by atomic mass is 16.3. The van der Waals surface area contributed by atoms with Gasteiger partial charge in [0, 0.05) is 36.0 Å². The number of rotatable bonds is 4. The summed E-state index contributed by atoms with van der Waals surface area (Å²) >= 11 is 0. The molecule has 0 saturated heterocycles. The third-order valence-corrected chi connectivity index (χ3v) is 3.19. The molecule has 1 amide bonds. The maximum Gasteiger partial charge on any atom is 0.251 e. The first-order valence-corrected chi connectivity index (χ1v) is 7.52. The smallest absolute Gasteiger partial charge is 0.251 e. The minimum Gasteiger partial charge on any atom is -0.395 e. The molecular weight excluding hydrogens is 300 g/mol. The van der Waals surface area contributed by atoms with E-state index in [0.29, 0.717) is 5.56 Å². The molecule has 120 valence electrons. The zero-order valence-corrected chi connectivity index (χ0v) is 13.4. The van der Waals surface area contributed by atoms with Crippen molar-refractivity contribution < 1.29 is 9.90 Å². The second-order valence-electron chi connectivity index (χ2n) is 4.88. The third kappa shape index (κ3) is 5.21. The maximum absolute atomic E-state index is 11.7. The van der Waals surface area contributed by atoms with Gasteiger partial charge < -0.3 is 15.7 Å². The van der Waals surface area contributed by atoms with Gasteiger partial charge in [-0.15, -0.1) is 0 Å². The lowest BCUT2D eigenvalue weighted by molar-refractivity contribution is 0.0945. The standard InChI is InChI=1S/C20H18N2O2/c1-21-19-12-8-17(9-13-19)5-3-2-4-16-6-10-18(11-7-16)20(24)22-14-15-23/h6-13,21,23H,14-15H2,1H3,(H,22,24). The Morgan fingerprint density at radius 1 is 0.958 bits per heavy atom. The number of aliphatic hydroxyl groups excluding tert-OH is 1. The van der Waals surface area contributed by atoms with E-state index in [0.717, 1.165) is 16.8 Å². The molecule has 4 heteroatoms. The molecule has 2 aromatic carbocycles. The topological polar surface area (TPSA) is 61.4 Å². The summed E-state index contributed by atoms with van der Waals surface area (Å²) in [5, 5.41) is 14.3. The first kappa shape index (κ1) is 17.1. The minimum absolute atomic E-state index is 0.0777. The van der Waals surface area contributed by atoms with Crippen LogP contribution in [0.4, 0.5) is 5.69 Å². The van der Waals surface area contributed by atoms with E-state index in [1.165, 1.54) is 0 Å². The van der Waals surface area contributed by atoms with Crippen LogP contribution in [0.25, 0.3) is 0 Å². The Morgan fingerprint density at radius 2 is 1.50 bits per heavy atom. The van der Waals surface area contributed by atoms with Gasteiger partial charge in [-0.2, -0.15) is 0 Å². The molecule has 4 nitrogen and oxygen atoms in total. The number of anilines is 1. The molecule has 0 fully saturated rings. The van der Waals surface area contributed by atoms with Crippen LogP contribution in [0.5, 0.6) is 0 Å². The van der Waals surface area contributed by atoms with Crippen LogP contribution in [-0.4, -0.2) is 31.2 Å². The molecular formula is C20H18N2O2. The van der Waals surface area contributed by atoms with Crippen LogP contribution in [-0.2, 0) is 0 Å². The average molecular weight is 318 g/mol. The Hall–Kier alpha value is -3.21. The molecule has 24 heavy (non-hydrogen) atoms. The van der Waals surface area contributed by atoms with Gasteiger partial charge in [-0.1, -0.05) is 11.8 Å². The molecule has 0 aliphatic heterocycles. The Balaban J connectivity index is 1.98. The number of benzene rings is 2. The Morgan fingerprint density at radius 3 is 2.00 bits per heavy atom. The van der Waals surface area contributed by atoms with Crippen molar-refractivity contribution in [2.45, 2.75) is 0 Å². The molecule has 0 aliphatic carbocycles. The van der Waals surface area contributed by atoms with Crippen molar-refractivity contribution in [3.8, 4) is 23.7 Å². The summed E-state index contributed by atoms with van der Waals surface area (Å²) in [5.41, 5.74) is 3.26. The first-order chi connectivity index (χ1) is 11.7. The third-order valence-electron chi connectivity index (χ3n) is 3.19. The molecule has 0 radical (unpaired) electrons. The minimum atomic E-state index is -0.214. The van der Waals surface area contributed by atoms with Gasteiger partial charge in [0.05, 0.1) is 6.61 Å². The van der Waals surface area contributed by atoms with E-state index in [4.69, 9.17) is 5.11 Å². The van der Waals surface area contributed by atoms with Crippen LogP contribution >= 0.6 is 0 Å². The highest BCUT2D eigenvalue weighted by molar-refractivity contribution is 5.94. The SMILES string of the molecule is CNc1ccc(C#CC#Cc2ccc(C(=O)NCCO)cc2)cc1. The number of carbonyl (C=O) groups excluding carboxylic acids is 1. The predicted molar refractivity (Wildman–Crippen MR) is 95.6 cm³/mol. The molecule has 0 aromatic heterocycles. The van der Waals surface area contributed by atoms with Gasteiger partial charge in [0.25, 0.3) is 5.91 Å². The van der Waals surface area contributed by atoms with Crippen molar-refractivity contribution in [2.75, 3.05) is 25.5 Å². The van der Waals surface area contributed by atoms with Crippen LogP contribution in [0.1, 0.15) is 21.5 Å². The van der Waals surface area contributed by atoms with E-state index in [-0.39, 0.29) is 19.1 Å². The number of carbonyl (C=O) groups is 1. The van der Waals surface area contributed by atoms with E-state index >= 15 is 0 Å². The number of aliphatic hydroxyl groups is 1. The molecule has 0 aliphatic rings. The highest BCUT2D eigenvalue weighted by Gasteiger charge is 2.03. The van der Waals surface area contributed by atoms with Gasteiger partial charge >= 0.3 is 0 Å². The Kier molecular flexibility index (Phi) is 6.46. The fourth-order valence-electron chi connectivity index (χ4n) is 1.90. The molecule has 0 unspecified atom stereocenters. The van der Waals surface area contributed by atoms with Crippen molar-refractivity contribution >= 4 is 11.6 Å². The van der Waals surface area contributed by atoms with Crippen LogP contribution in [0.15, 0.2) is 48.5 Å². The van der Waals surface area contributed by atoms with E-state index in [1.54, 1.807) is 24.3 Å². The molecule has 3 N–H and O–H groups in total. The van der Waals surface area contributed by atoms with Gasteiger partial charge in [-0.3, -0.25) is 4.79 Å². The molecule has 2 aromatic rings. The fraction of sp³-hybridized carbons (Fsp3) is 0.150. The molecule has 0 spiro atoms. The van der Waals surface area contributed by atoms with Gasteiger partial charge in [-0.05, 0) is 60.4 Å². The maximum atomic E-state index is 11.7.